The number of nitrogens with zero attached hydrogens (tertiary/aromatic N) is 3. The van der Waals surface area contributed by atoms with Crippen molar-refractivity contribution in [2.75, 3.05) is 15.9 Å². The summed E-state index contributed by atoms with van der Waals surface area (Å²) in [7, 11) is -3.51. The maximum absolute atomic E-state index is 12.7. The van der Waals surface area contributed by atoms with E-state index in [2.05, 4.69) is 27.6 Å². The van der Waals surface area contributed by atoms with Crippen LogP contribution in [0.3, 0.4) is 0 Å². The highest BCUT2D eigenvalue weighted by molar-refractivity contribution is 8.00. The number of aryl methyl sites for hydroxylation is 2. The first-order valence-electron chi connectivity index (χ1n) is 11.1. The summed E-state index contributed by atoms with van der Waals surface area (Å²) < 4.78 is 27.4. The summed E-state index contributed by atoms with van der Waals surface area (Å²) in [6.07, 6.45) is 1.20. The first kappa shape index (κ1) is 25.9. The van der Waals surface area contributed by atoms with Crippen molar-refractivity contribution >= 4 is 49.8 Å². The third-order valence-corrected chi connectivity index (χ3v) is 8.62. The van der Waals surface area contributed by atoms with E-state index in [0.29, 0.717) is 16.4 Å². The Balaban J connectivity index is 1.41. The largest absolute Gasteiger partial charge is 0.296 e. The van der Waals surface area contributed by atoms with E-state index in [-0.39, 0.29) is 12.5 Å². The van der Waals surface area contributed by atoms with Crippen LogP contribution in [0.2, 0.25) is 0 Å². The second kappa shape index (κ2) is 11.2. The van der Waals surface area contributed by atoms with Crippen LogP contribution in [-0.2, 0) is 22.3 Å². The number of sulfonamides is 1. The molecule has 36 heavy (non-hydrogen) atoms. The molecule has 1 heterocycles. The van der Waals surface area contributed by atoms with Crippen molar-refractivity contribution < 1.29 is 13.2 Å². The van der Waals surface area contributed by atoms with Crippen molar-refractivity contribution in [1.82, 2.24) is 10.2 Å². The molecule has 0 atom stereocenters. The van der Waals surface area contributed by atoms with Crippen molar-refractivity contribution in [3.63, 3.8) is 0 Å². The zero-order valence-corrected chi connectivity index (χ0v) is 22.6. The summed E-state index contributed by atoms with van der Waals surface area (Å²) in [5.41, 5.74) is 4.86. The highest BCUT2D eigenvalue weighted by atomic mass is 32.2. The molecule has 0 bridgehead atoms. The number of benzene rings is 3. The maximum Gasteiger partial charge on any atom is 0.257 e. The van der Waals surface area contributed by atoms with E-state index in [1.165, 1.54) is 27.5 Å². The summed E-state index contributed by atoms with van der Waals surface area (Å²) >= 11 is 2.89. The second-order valence-corrected chi connectivity index (χ2v) is 12.4. The van der Waals surface area contributed by atoms with E-state index in [0.717, 1.165) is 26.8 Å². The topological polar surface area (TPSA) is 92.3 Å². The lowest BCUT2D eigenvalue weighted by molar-refractivity contribution is 0.102. The van der Waals surface area contributed by atoms with E-state index in [4.69, 9.17) is 0 Å². The van der Waals surface area contributed by atoms with Crippen LogP contribution < -0.4 is 9.62 Å². The number of amides is 1. The standard InChI is InChI=1S/C26H26N4O3S3/c1-18-8-7-9-19(2)23(18)30(36(3,32)33)16-20-12-14-22(15-13-20)24(31)27-25-28-29-26(35-25)34-17-21-10-5-4-6-11-21/h4-15H,16-17H2,1-3H3,(H,27,28,31). The second-order valence-electron chi connectivity index (χ2n) is 8.31. The average Bonchev–Trinajstić information content (AvgIpc) is 3.29. The Labute approximate surface area is 219 Å². The highest BCUT2D eigenvalue weighted by Gasteiger charge is 2.21. The van der Waals surface area contributed by atoms with Crippen LogP contribution in [0.25, 0.3) is 0 Å². The summed E-state index contributed by atoms with van der Waals surface area (Å²) in [5, 5.41) is 11.4. The molecule has 4 aromatic rings. The summed E-state index contributed by atoms with van der Waals surface area (Å²) in [5.74, 6) is 0.476. The Morgan fingerprint density at radius 3 is 2.22 bits per heavy atom. The van der Waals surface area contributed by atoms with Gasteiger partial charge in [-0.2, -0.15) is 0 Å². The number of carbonyl (C=O) groups is 1. The van der Waals surface area contributed by atoms with E-state index >= 15 is 0 Å². The predicted octanol–water partition coefficient (Wildman–Crippen LogP) is 5.67. The molecule has 0 spiro atoms. The van der Waals surface area contributed by atoms with Gasteiger partial charge in [0.05, 0.1) is 18.5 Å². The monoisotopic (exact) mass is 538 g/mol. The molecule has 1 amide bonds. The Morgan fingerprint density at radius 1 is 0.917 bits per heavy atom. The van der Waals surface area contributed by atoms with Crippen LogP contribution in [0.15, 0.2) is 77.1 Å². The van der Waals surface area contributed by atoms with E-state index < -0.39 is 10.0 Å². The fourth-order valence-corrected chi connectivity index (χ4v) is 6.40. The first-order valence-corrected chi connectivity index (χ1v) is 14.8. The number of hydrogen-bond acceptors (Lipinski definition) is 7. The maximum atomic E-state index is 12.7. The van der Waals surface area contributed by atoms with Gasteiger partial charge in [0.1, 0.15) is 0 Å². The predicted molar refractivity (Wildman–Crippen MR) is 147 cm³/mol. The van der Waals surface area contributed by atoms with Gasteiger partial charge in [0.2, 0.25) is 15.2 Å². The van der Waals surface area contributed by atoms with E-state index in [9.17, 15) is 13.2 Å². The lowest BCUT2D eigenvalue weighted by Crippen LogP contribution is -2.30. The Bertz CT molecular complexity index is 1430. The lowest BCUT2D eigenvalue weighted by Gasteiger charge is -2.26. The van der Waals surface area contributed by atoms with Gasteiger partial charge in [-0.05, 0) is 48.2 Å². The number of carbonyl (C=O) groups excluding carboxylic acids is 1. The molecule has 0 fully saturated rings. The van der Waals surface area contributed by atoms with Crippen molar-refractivity contribution in [1.29, 1.82) is 0 Å². The molecule has 0 unspecified atom stereocenters. The molecule has 1 N–H and O–H groups in total. The molecule has 0 radical (unpaired) electrons. The highest BCUT2D eigenvalue weighted by Crippen LogP contribution is 2.30. The fraction of sp³-hybridized carbons (Fsp3) is 0.192. The Hall–Kier alpha value is -3.21. The number of aromatic nitrogens is 2. The van der Waals surface area contributed by atoms with Crippen molar-refractivity contribution in [2.45, 2.75) is 30.5 Å². The Kier molecular flexibility index (Phi) is 8.07. The Morgan fingerprint density at radius 2 is 1.58 bits per heavy atom. The van der Waals surface area contributed by atoms with Gasteiger partial charge in [-0.3, -0.25) is 14.4 Å². The normalized spacial score (nSPS) is 11.3. The molecule has 0 aliphatic heterocycles. The zero-order valence-electron chi connectivity index (χ0n) is 20.1. The molecular weight excluding hydrogens is 513 g/mol. The lowest BCUT2D eigenvalue weighted by atomic mass is 10.1. The minimum Gasteiger partial charge on any atom is -0.296 e. The zero-order chi connectivity index (χ0) is 25.7. The number of anilines is 2. The SMILES string of the molecule is Cc1cccc(C)c1N(Cc1ccc(C(=O)Nc2nnc(SCc3ccccc3)s2)cc1)S(C)(=O)=O. The van der Waals surface area contributed by atoms with Crippen LogP contribution >= 0.6 is 23.1 Å². The molecule has 1 aromatic heterocycles. The van der Waals surface area contributed by atoms with E-state index in [1.807, 2.05) is 50.2 Å². The van der Waals surface area contributed by atoms with Crippen LogP contribution in [0.4, 0.5) is 10.8 Å². The quantitative estimate of drug-likeness (QED) is 0.218. The number of para-hydroxylation sites is 1. The molecule has 4 rings (SSSR count). The molecule has 7 nitrogen and oxygen atoms in total. The van der Waals surface area contributed by atoms with Gasteiger partial charge in [-0.25, -0.2) is 8.42 Å². The molecule has 0 aliphatic rings. The van der Waals surface area contributed by atoms with Gasteiger partial charge < -0.3 is 0 Å². The van der Waals surface area contributed by atoms with Crippen molar-refractivity contribution in [3.8, 4) is 0 Å². The van der Waals surface area contributed by atoms with Crippen molar-refractivity contribution in [3.05, 3.63) is 101 Å². The summed E-state index contributed by atoms with van der Waals surface area (Å²) in [6, 6.07) is 22.7. The van der Waals surface area contributed by atoms with Gasteiger partial charge in [0.15, 0.2) is 4.34 Å². The van der Waals surface area contributed by atoms with E-state index in [1.54, 1.807) is 36.0 Å². The molecular formula is C26H26N4O3S3. The van der Waals surface area contributed by atoms with Gasteiger partial charge in [-0.1, -0.05) is 83.8 Å². The van der Waals surface area contributed by atoms with Crippen LogP contribution in [-0.4, -0.2) is 30.8 Å². The number of nitrogens with one attached hydrogen (secondary N) is 1. The first-order chi connectivity index (χ1) is 17.2. The molecule has 186 valence electrons. The van der Waals surface area contributed by atoms with Crippen LogP contribution in [0.5, 0.6) is 0 Å². The molecule has 0 aliphatic carbocycles. The van der Waals surface area contributed by atoms with Crippen LogP contribution in [0.1, 0.15) is 32.6 Å². The summed E-state index contributed by atoms with van der Waals surface area (Å²) in [6.45, 7) is 3.96. The third-order valence-electron chi connectivity index (χ3n) is 5.46. The molecule has 3 aromatic carbocycles. The summed E-state index contributed by atoms with van der Waals surface area (Å²) in [4.78, 5) is 12.7. The van der Waals surface area contributed by atoms with Crippen molar-refractivity contribution in [2.24, 2.45) is 0 Å². The number of thioether (sulfide) groups is 1. The van der Waals surface area contributed by atoms with Gasteiger partial charge in [0.25, 0.3) is 5.91 Å². The van der Waals surface area contributed by atoms with Gasteiger partial charge >= 0.3 is 0 Å². The third kappa shape index (κ3) is 6.51. The smallest absolute Gasteiger partial charge is 0.257 e. The fourth-order valence-electron chi connectivity index (χ4n) is 3.70. The average molecular weight is 539 g/mol. The molecule has 0 saturated heterocycles. The van der Waals surface area contributed by atoms with Gasteiger partial charge in [0, 0.05) is 11.3 Å². The minimum absolute atomic E-state index is 0.171. The number of hydrogen-bond donors (Lipinski definition) is 1. The number of rotatable bonds is 9. The minimum atomic E-state index is -3.51. The van der Waals surface area contributed by atoms with Crippen LogP contribution in [0, 0.1) is 13.8 Å². The van der Waals surface area contributed by atoms with Gasteiger partial charge in [-0.15, -0.1) is 10.2 Å². The molecule has 0 saturated carbocycles. The molecule has 10 heteroatoms.